The lowest BCUT2D eigenvalue weighted by Crippen LogP contribution is -2.34. The second kappa shape index (κ2) is 6.96. The molecule has 0 unspecified atom stereocenters. The Hall–Kier alpha value is -0.790. The molecule has 2 heteroatoms. The molecule has 2 aliphatic rings. The number of rotatable bonds is 3. The fourth-order valence-corrected chi connectivity index (χ4v) is 3.27. The second-order valence-electron chi connectivity index (χ2n) is 5.75. The Morgan fingerprint density at radius 2 is 1.67 bits per heavy atom. The number of amides is 1. The highest BCUT2D eigenvalue weighted by Crippen LogP contribution is 2.29. The molecule has 0 aromatic heterocycles. The van der Waals surface area contributed by atoms with Crippen LogP contribution < -0.4 is 0 Å². The standard InChI is InChI=1S/C16H27NO/c1-2-9-14-10-5-6-11-15(14)16(18)17-12-7-3-4-8-13-17/h2-13H2,1H3. The molecule has 1 amide bonds. The summed E-state index contributed by atoms with van der Waals surface area (Å²) in [5, 5.41) is 0. The number of carbonyl (C=O) groups excluding carboxylic acids is 1. The molecule has 1 fully saturated rings. The molecule has 0 aromatic carbocycles. The van der Waals surface area contributed by atoms with Crippen molar-refractivity contribution >= 4 is 5.91 Å². The Balaban J connectivity index is 2.08. The highest BCUT2D eigenvalue weighted by atomic mass is 16.2. The van der Waals surface area contributed by atoms with Crippen LogP contribution in [0.2, 0.25) is 0 Å². The van der Waals surface area contributed by atoms with E-state index in [1.807, 2.05) is 0 Å². The van der Waals surface area contributed by atoms with E-state index in [4.69, 9.17) is 0 Å². The third-order valence-corrected chi connectivity index (χ3v) is 4.29. The summed E-state index contributed by atoms with van der Waals surface area (Å²) in [4.78, 5) is 14.8. The maximum atomic E-state index is 12.7. The third kappa shape index (κ3) is 3.37. The lowest BCUT2D eigenvalue weighted by Gasteiger charge is -2.26. The van der Waals surface area contributed by atoms with Crippen LogP contribution in [0.4, 0.5) is 0 Å². The van der Waals surface area contributed by atoms with Gasteiger partial charge in [-0.25, -0.2) is 0 Å². The zero-order valence-corrected chi connectivity index (χ0v) is 11.8. The molecule has 0 radical (unpaired) electrons. The van der Waals surface area contributed by atoms with Crippen molar-refractivity contribution in [1.82, 2.24) is 4.90 Å². The van der Waals surface area contributed by atoms with Crippen LogP contribution in [0.5, 0.6) is 0 Å². The number of carbonyl (C=O) groups is 1. The van der Waals surface area contributed by atoms with Crippen LogP contribution in [0.25, 0.3) is 0 Å². The van der Waals surface area contributed by atoms with Gasteiger partial charge in [0.2, 0.25) is 5.91 Å². The van der Waals surface area contributed by atoms with Gasteiger partial charge in [-0.3, -0.25) is 4.79 Å². The molecule has 0 bridgehead atoms. The number of allylic oxidation sites excluding steroid dienone is 1. The molecule has 1 heterocycles. The molecule has 2 rings (SSSR count). The number of hydrogen-bond acceptors (Lipinski definition) is 1. The Morgan fingerprint density at radius 1 is 1.00 bits per heavy atom. The fraction of sp³-hybridized carbons (Fsp3) is 0.812. The SMILES string of the molecule is CCCC1=C(C(=O)N2CCCCCC2)CCCC1. The van der Waals surface area contributed by atoms with Crippen LogP contribution in [-0.2, 0) is 4.79 Å². The van der Waals surface area contributed by atoms with Gasteiger partial charge in [0.1, 0.15) is 0 Å². The number of hydrogen-bond donors (Lipinski definition) is 0. The first-order chi connectivity index (χ1) is 8.83. The summed E-state index contributed by atoms with van der Waals surface area (Å²) in [5.74, 6) is 0.375. The first-order valence-electron chi connectivity index (χ1n) is 7.83. The van der Waals surface area contributed by atoms with E-state index in [9.17, 15) is 4.79 Å². The van der Waals surface area contributed by atoms with Gasteiger partial charge in [0.15, 0.2) is 0 Å². The number of nitrogens with zero attached hydrogens (tertiary/aromatic N) is 1. The van der Waals surface area contributed by atoms with Crippen molar-refractivity contribution in [3.63, 3.8) is 0 Å². The van der Waals surface area contributed by atoms with Gasteiger partial charge >= 0.3 is 0 Å². The van der Waals surface area contributed by atoms with Crippen molar-refractivity contribution in [2.75, 3.05) is 13.1 Å². The molecule has 18 heavy (non-hydrogen) atoms. The van der Waals surface area contributed by atoms with Gasteiger partial charge in [-0.1, -0.05) is 31.8 Å². The van der Waals surface area contributed by atoms with E-state index in [0.717, 1.165) is 25.9 Å². The summed E-state index contributed by atoms with van der Waals surface area (Å²) in [6.45, 7) is 4.19. The Morgan fingerprint density at radius 3 is 2.33 bits per heavy atom. The van der Waals surface area contributed by atoms with Crippen molar-refractivity contribution in [2.24, 2.45) is 0 Å². The fourth-order valence-electron chi connectivity index (χ4n) is 3.27. The van der Waals surface area contributed by atoms with Crippen LogP contribution in [0.3, 0.4) is 0 Å². The van der Waals surface area contributed by atoms with Gasteiger partial charge in [-0.2, -0.15) is 0 Å². The van der Waals surface area contributed by atoms with E-state index in [1.165, 1.54) is 62.5 Å². The average Bonchev–Trinajstić information content (AvgIpc) is 2.68. The molecule has 0 N–H and O–H groups in total. The molecule has 0 atom stereocenters. The average molecular weight is 249 g/mol. The van der Waals surface area contributed by atoms with Gasteiger partial charge in [-0.05, 0) is 44.9 Å². The molecule has 2 nitrogen and oxygen atoms in total. The maximum Gasteiger partial charge on any atom is 0.249 e. The summed E-state index contributed by atoms with van der Waals surface area (Å²) < 4.78 is 0. The number of likely N-dealkylation sites (tertiary alicyclic amines) is 1. The predicted octanol–water partition coefficient (Wildman–Crippen LogP) is 4.06. The molecule has 0 saturated carbocycles. The third-order valence-electron chi connectivity index (χ3n) is 4.29. The Labute approximate surface area is 111 Å². The van der Waals surface area contributed by atoms with Gasteiger partial charge in [0, 0.05) is 18.7 Å². The minimum absolute atomic E-state index is 0.375. The van der Waals surface area contributed by atoms with Crippen molar-refractivity contribution < 1.29 is 4.79 Å². The molecule has 1 saturated heterocycles. The van der Waals surface area contributed by atoms with Crippen LogP contribution in [0.15, 0.2) is 11.1 Å². The molecule has 102 valence electrons. The van der Waals surface area contributed by atoms with Crippen molar-refractivity contribution in [3.05, 3.63) is 11.1 Å². The zero-order valence-electron chi connectivity index (χ0n) is 11.8. The predicted molar refractivity (Wildman–Crippen MR) is 75.5 cm³/mol. The van der Waals surface area contributed by atoms with Gasteiger partial charge in [0.05, 0.1) is 0 Å². The van der Waals surface area contributed by atoms with E-state index < -0.39 is 0 Å². The highest BCUT2D eigenvalue weighted by Gasteiger charge is 2.23. The minimum atomic E-state index is 0.375. The zero-order chi connectivity index (χ0) is 12.8. The highest BCUT2D eigenvalue weighted by molar-refractivity contribution is 5.94. The van der Waals surface area contributed by atoms with E-state index in [2.05, 4.69) is 11.8 Å². The Kier molecular flexibility index (Phi) is 5.27. The molecule has 1 aliphatic heterocycles. The molecular formula is C16H27NO. The van der Waals surface area contributed by atoms with Crippen molar-refractivity contribution in [3.8, 4) is 0 Å². The monoisotopic (exact) mass is 249 g/mol. The molecule has 0 aromatic rings. The summed E-state index contributed by atoms with van der Waals surface area (Å²) in [7, 11) is 0. The van der Waals surface area contributed by atoms with E-state index in [1.54, 1.807) is 0 Å². The van der Waals surface area contributed by atoms with E-state index >= 15 is 0 Å². The van der Waals surface area contributed by atoms with Crippen LogP contribution in [-0.4, -0.2) is 23.9 Å². The molecule has 0 spiro atoms. The van der Waals surface area contributed by atoms with Gasteiger partial charge in [0.25, 0.3) is 0 Å². The molecule has 1 aliphatic carbocycles. The maximum absolute atomic E-state index is 12.7. The largest absolute Gasteiger partial charge is 0.339 e. The summed E-state index contributed by atoms with van der Waals surface area (Å²) in [6.07, 6.45) is 12.0. The smallest absolute Gasteiger partial charge is 0.249 e. The van der Waals surface area contributed by atoms with Crippen LogP contribution >= 0.6 is 0 Å². The van der Waals surface area contributed by atoms with Crippen molar-refractivity contribution in [1.29, 1.82) is 0 Å². The topological polar surface area (TPSA) is 20.3 Å². The first kappa shape index (κ1) is 13.6. The normalized spacial score (nSPS) is 21.9. The summed E-state index contributed by atoms with van der Waals surface area (Å²) in [6, 6.07) is 0. The minimum Gasteiger partial charge on any atom is -0.339 e. The van der Waals surface area contributed by atoms with E-state index in [0.29, 0.717) is 5.91 Å². The van der Waals surface area contributed by atoms with Gasteiger partial charge < -0.3 is 4.90 Å². The Bertz CT molecular complexity index is 311. The lowest BCUT2D eigenvalue weighted by molar-refractivity contribution is -0.127. The lowest BCUT2D eigenvalue weighted by atomic mass is 9.88. The van der Waals surface area contributed by atoms with Crippen LogP contribution in [0.1, 0.15) is 71.1 Å². The molecular weight excluding hydrogens is 222 g/mol. The summed E-state index contributed by atoms with van der Waals surface area (Å²) >= 11 is 0. The first-order valence-corrected chi connectivity index (χ1v) is 7.83. The van der Waals surface area contributed by atoms with Crippen LogP contribution in [0, 0.1) is 0 Å². The second-order valence-corrected chi connectivity index (χ2v) is 5.75. The van der Waals surface area contributed by atoms with E-state index in [-0.39, 0.29) is 0 Å². The summed E-state index contributed by atoms with van der Waals surface area (Å²) in [5.41, 5.74) is 2.66. The van der Waals surface area contributed by atoms with Crippen molar-refractivity contribution in [2.45, 2.75) is 71.1 Å². The van der Waals surface area contributed by atoms with Gasteiger partial charge in [-0.15, -0.1) is 0 Å². The quantitative estimate of drug-likeness (QED) is 0.738.